The first-order valence-corrected chi connectivity index (χ1v) is 18.7. The highest BCUT2D eigenvalue weighted by Gasteiger charge is 2.46. The molecule has 0 radical (unpaired) electrons. The first-order chi connectivity index (χ1) is 16.4. The Hall–Kier alpha value is -1.49. The van der Waals surface area contributed by atoms with Gasteiger partial charge in [0.05, 0.1) is 12.7 Å². The van der Waals surface area contributed by atoms with Crippen LogP contribution >= 0.6 is 0 Å². The summed E-state index contributed by atoms with van der Waals surface area (Å²) in [4.78, 5) is 38.3. The van der Waals surface area contributed by atoms with E-state index in [2.05, 4.69) is 64.5 Å². The summed E-state index contributed by atoms with van der Waals surface area (Å²) in [5, 5.41) is 8.74. The van der Waals surface area contributed by atoms with Crippen molar-refractivity contribution in [3.63, 3.8) is 0 Å². The van der Waals surface area contributed by atoms with Crippen LogP contribution in [0, 0.1) is 17.8 Å². The van der Waals surface area contributed by atoms with Gasteiger partial charge in [0.2, 0.25) is 0 Å². The molecule has 2 heterocycles. The Morgan fingerprint density at radius 3 is 2.39 bits per heavy atom. The number of aliphatic hydroxyl groups excluding tert-OH is 1. The summed E-state index contributed by atoms with van der Waals surface area (Å²) in [5.41, 5.74) is -0.876. The van der Waals surface area contributed by atoms with Crippen molar-refractivity contribution in [1.82, 2.24) is 9.55 Å². The van der Waals surface area contributed by atoms with E-state index in [1.54, 1.807) is 0 Å². The number of aliphatic hydroxyl groups is 1. The molecule has 1 aromatic rings. The van der Waals surface area contributed by atoms with Crippen molar-refractivity contribution in [1.29, 1.82) is 0 Å². The third-order valence-electron chi connectivity index (χ3n) is 8.17. The van der Waals surface area contributed by atoms with Crippen LogP contribution in [0.2, 0.25) is 36.3 Å². The molecule has 8 nitrogen and oxygen atoms in total. The Kier molecular flexibility index (Phi) is 9.82. The normalized spacial score (nSPS) is 21.4. The Bertz CT molecular complexity index is 1070. The predicted molar refractivity (Wildman–Crippen MR) is 148 cm³/mol. The van der Waals surface area contributed by atoms with Gasteiger partial charge in [-0.25, -0.2) is 4.79 Å². The number of aromatic amines is 1. The lowest BCUT2D eigenvalue weighted by atomic mass is 9.90. The summed E-state index contributed by atoms with van der Waals surface area (Å²) >= 11 is 0. The average Bonchev–Trinajstić information content (AvgIpc) is 3.11. The average molecular weight is 539 g/mol. The number of aromatic nitrogens is 2. The number of ether oxygens (including phenoxy) is 1. The second-order valence-corrected chi connectivity index (χ2v) is 22.0. The zero-order valence-electron chi connectivity index (χ0n) is 23.5. The third-order valence-corrected chi connectivity index (χ3v) is 16.2. The van der Waals surface area contributed by atoms with E-state index in [9.17, 15) is 14.4 Å². The number of nitrogens with one attached hydrogen (secondary N) is 1. The van der Waals surface area contributed by atoms with Crippen LogP contribution in [0.15, 0.2) is 15.8 Å². The van der Waals surface area contributed by atoms with Crippen LogP contribution in [0.1, 0.15) is 72.1 Å². The van der Waals surface area contributed by atoms with E-state index >= 15 is 0 Å². The zero-order valence-corrected chi connectivity index (χ0v) is 25.5. The van der Waals surface area contributed by atoms with Gasteiger partial charge < -0.3 is 19.1 Å². The minimum Gasteiger partial charge on any atom is -0.432 e. The molecule has 0 unspecified atom stereocenters. The number of H-pyrrole nitrogens is 1. The third kappa shape index (κ3) is 7.52. The molecule has 1 aliphatic heterocycles. The molecule has 0 amide bonds. The quantitative estimate of drug-likeness (QED) is 0.249. The lowest BCUT2D eigenvalue weighted by molar-refractivity contribution is -0.0314. The maximum Gasteiger partial charge on any atom is 0.330 e. The Balaban J connectivity index is 2.37. The van der Waals surface area contributed by atoms with E-state index in [-0.39, 0.29) is 34.3 Å². The van der Waals surface area contributed by atoms with Crippen LogP contribution in [-0.4, -0.2) is 55.4 Å². The molecule has 1 aromatic heterocycles. The molecule has 0 saturated carbocycles. The van der Waals surface area contributed by atoms with E-state index in [0.717, 1.165) is 6.42 Å². The van der Waals surface area contributed by atoms with Crippen LogP contribution in [-0.2, 0) is 9.16 Å². The second kappa shape index (κ2) is 11.5. The molecule has 0 aromatic carbocycles. The fourth-order valence-electron chi connectivity index (χ4n) is 3.87. The largest absolute Gasteiger partial charge is 0.432 e. The van der Waals surface area contributed by atoms with Crippen molar-refractivity contribution in [2.45, 2.75) is 109 Å². The summed E-state index contributed by atoms with van der Waals surface area (Å²) in [6, 6.07) is 0. The van der Waals surface area contributed by atoms with Gasteiger partial charge in [-0.2, -0.15) is 0 Å². The van der Waals surface area contributed by atoms with Gasteiger partial charge in [-0.15, -0.1) is 0 Å². The molecular formula is C26H46N2O6Si2. The number of rotatable bonds is 9. The molecule has 0 bridgehead atoms. The standard InChI is InChI=1S/C26H46N2O6Si2/c1-25(2,3)36(8,9)33-18-21-20(16-26(4,5)35(6,7)32)15-22(34-21)28-17-19(13-11-10-12-14-29)23(30)27-24(28)31/h17,20-22,29,32H,10,12,14-16,18H2,1-9H3,(H,27,30,31)/t20-,21+,22+/m0/s1. The van der Waals surface area contributed by atoms with E-state index in [0.29, 0.717) is 25.9 Å². The summed E-state index contributed by atoms with van der Waals surface area (Å²) < 4.78 is 14.4. The summed E-state index contributed by atoms with van der Waals surface area (Å²) in [5.74, 6) is 5.76. The molecule has 204 valence electrons. The SMILES string of the molecule is CC(C)(C[C@@H]1C[C@H](n2cc(C#CCCCO)c(=O)[nH]c2=O)O[C@@H]1CO[Si](C)(C)C(C)(C)C)[Si](C)(C)O. The van der Waals surface area contributed by atoms with Gasteiger partial charge in [-0.05, 0) is 61.4 Å². The monoisotopic (exact) mass is 538 g/mol. The van der Waals surface area contributed by atoms with Gasteiger partial charge >= 0.3 is 5.69 Å². The van der Waals surface area contributed by atoms with Crippen LogP contribution in [0.3, 0.4) is 0 Å². The minimum absolute atomic E-state index is 0.0318. The highest BCUT2D eigenvalue weighted by Crippen LogP contribution is 2.47. The van der Waals surface area contributed by atoms with Crippen molar-refractivity contribution >= 4 is 16.6 Å². The summed E-state index contributed by atoms with van der Waals surface area (Å²) in [6.07, 6.45) is 2.97. The molecule has 2 rings (SSSR count). The first-order valence-electron chi connectivity index (χ1n) is 12.9. The van der Waals surface area contributed by atoms with Crippen LogP contribution < -0.4 is 11.2 Å². The smallest absolute Gasteiger partial charge is 0.330 e. The van der Waals surface area contributed by atoms with Gasteiger partial charge in [-0.1, -0.05) is 46.5 Å². The van der Waals surface area contributed by atoms with Gasteiger partial charge in [0.1, 0.15) is 11.8 Å². The molecule has 3 atom stereocenters. The fourth-order valence-corrected chi connectivity index (χ4v) is 5.65. The molecule has 3 N–H and O–H groups in total. The zero-order chi connectivity index (χ0) is 27.5. The van der Waals surface area contributed by atoms with E-state index in [1.165, 1.54) is 10.8 Å². The van der Waals surface area contributed by atoms with Gasteiger partial charge in [-0.3, -0.25) is 14.3 Å². The van der Waals surface area contributed by atoms with E-state index in [4.69, 9.17) is 14.3 Å². The van der Waals surface area contributed by atoms with E-state index < -0.39 is 34.1 Å². The number of nitrogens with zero attached hydrogens (tertiary/aromatic N) is 1. The van der Waals surface area contributed by atoms with Crippen molar-refractivity contribution in [3.8, 4) is 11.8 Å². The van der Waals surface area contributed by atoms with Crippen LogP contribution in [0.5, 0.6) is 0 Å². The number of hydrogen-bond donors (Lipinski definition) is 3. The highest BCUT2D eigenvalue weighted by molar-refractivity contribution is 6.74. The Morgan fingerprint density at radius 1 is 1.19 bits per heavy atom. The molecule has 0 aliphatic carbocycles. The highest BCUT2D eigenvalue weighted by atomic mass is 28.4. The molecule has 1 fully saturated rings. The van der Waals surface area contributed by atoms with Crippen molar-refractivity contribution in [2.24, 2.45) is 5.92 Å². The Labute approximate surface area is 217 Å². The topological polar surface area (TPSA) is 114 Å². The number of hydrogen-bond acceptors (Lipinski definition) is 6. The fraction of sp³-hybridized carbons (Fsp3) is 0.769. The molecule has 10 heteroatoms. The molecule has 0 spiro atoms. The van der Waals surface area contributed by atoms with Crippen molar-refractivity contribution in [2.75, 3.05) is 13.2 Å². The summed E-state index contributed by atoms with van der Waals surface area (Å²) in [6.45, 7) is 19.6. The molecule has 1 saturated heterocycles. The molecular weight excluding hydrogens is 492 g/mol. The first kappa shape index (κ1) is 30.7. The maximum absolute atomic E-state index is 12.8. The van der Waals surface area contributed by atoms with Crippen molar-refractivity contribution < 1.29 is 19.1 Å². The van der Waals surface area contributed by atoms with Crippen LogP contribution in [0.4, 0.5) is 0 Å². The number of unbranched alkanes of at least 4 members (excludes halogenated alkanes) is 1. The Morgan fingerprint density at radius 2 is 1.83 bits per heavy atom. The van der Waals surface area contributed by atoms with Crippen molar-refractivity contribution in [3.05, 3.63) is 32.6 Å². The summed E-state index contributed by atoms with van der Waals surface area (Å²) in [7, 11) is -4.48. The van der Waals surface area contributed by atoms with Gasteiger partial charge in [0.15, 0.2) is 16.6 Å². The molecule has 1 aliphatic rings. The predicted octanol–water partition coefficient (Wildman–Crippen LogP) is 3.95. The second-order valence-electron chi connectivity index (χ2n) is 12.7. The lowest BCUT2D eigenvalue weighted by Gasteiger charge is -2.39. The maximum atomic E-state index is 12.8. The van der Waals surface area contributed by atoms with Gasteiger partial charge in [0, 0.05) is 19.2 Å². The van der Waals surface area contributed by atoms with Crippen LogP contribution in [0.25, 0.3) is 0 Å². The van der Waals surface area contributed by atoms with Gasteiger partial charge in [0.25, 0.3) is 5.56 Å². The molecule has 36 heavy (non-hydrogen) atoms. The minimum atomic E-state index is -2.46. The van der Waals surface area contributed by atoms with E-state index in [1.807, 2.05) is 13.1 Å². The lowest BCUT2D eigenvalue weighted by Crippen LogP contribution is -2.44.